The minimum Gasteiger partial charge on any atom is -0.476 e. The molecule has 4 heterocycles. The number of likely N-dealkylation sites (N-methyl/N-ethyl adjacent to an activating group) is 1. The van der Waals surface area contributed by atoms with Crippen molar-refractivity contribution in [3.63, 3.8) is 0 Å². The molecular formula is C32H38N8O2S. The highest BCUT2D eigenvalue weighted by atomic mass is 32.1. The van der Waals surface area contributed by atoms with Gasteiger partial charge in [-0.25, -0.2) is 9.97 Å². The lowest BCUT2D eigenvalue weighted by Gasteiger charge is -2.25. The second-order valence-electron chi connectivity index (χ2n) is 10.6. The number of fused-ring (bicyclic) bond motifs is 1. The number of thiophene rings is 1. The topological polar surface area (TPSA) is 156 Å². The number of aromatic nitrogens is 3. The second-order valence-corrected chi connectivity index (χ2v) is 11.7. The number of rotatable bonds is 10. The van der Waals surface area contributed by atoms with Crippen molar-refractivity contribution in [1.29, 1.82) is 5.26 Å². The lowest BCUT2D eigenvalue weighted by molar-refractivity contribution is 0.101. The third kappa shape index (κ3) is 7.14. The van der Waals surface area contributed by atoms with Crippen LogP contribution in [-0.4, -0.2) is 51.9 Å². The Bertz CT molecular complexity index is 1530. The summed E-state index contributed by atoms with van der Waals surface area (Å²) in [5.74, 6) is 0.719. The van der Waals surface area contributed by atoms with Crippen molar-refractivity contribution >= 4 is 33.8 Å². The Labute approximate surface area is 257 Å². The zero-order chi connectivity index (χ0) is 30.9. The van der Waals surface area contributed by atoms with E-state index in [9.17, 15) is 10.1 Å². The van der Waals surface area contributed by atoms with E-state index in [1.54, 1.807) is 12.3 Å². The van der Waals surface area contributed by atoms with Crippen LogP contribution < -0.4 is 21.5 Å². The minimum absolute atomic E-state index is 0.00785. The number of nitriles is 1. The molecule has 1 saturated heterocycles. The molecule has 1 aliphatic carbocycles. The number of Topliss-reactive ketones (excluding diaryl/α,β-unsaturated/α-hetero) is 1. The van der Waals surface area contributed by atoms with Crippen LogP contribution in [0.3, 0.4) is 0 Å². The Balaban J connectivity index is 0.00000207. The number of carbonyl (C=O) groups excluding carboxylic acids is 1. The summed E-state index contributed by atoms with van der Waals surface area (Å²) >= 11 is 1.45. The van der Waals surface area contributed by atoms with E-state index in [-0.39, 0.29) is 23.6 Å². The zero-order valence-corrected chi connectivity index (χ0v) is 25.5. The quantitative estimate of drug-likeness (QED) is 0.162. The number of carbonyl (C=O) groups is 1. The van der Waals surface area contributed by atoms with Crippen molar-refractivity contribution in [2.75, 3.05) is 31.2 Å². The monoisotopic (exact) mass is 598 g/mol. The number of ether oxygens (including phenoxy) is 1. The molecule has 10 nitrogen and oxygen atoms in total. The van der Waals surface area contributed by atoms with Crippen molar-refractivity contribution < 1.29 is 9.53 Å². The van der Waals surface area contributed by atoms with Gasteiger partial charge in [-0.3, -0.25) is 4.79 Å². The average Bonchev–Trinajstić information content (AvgIpc) is 3.60. The Kier molecular flexibility index (Phi) is 10.7. The summed E-state index contributed by atoms with van der Waals surface area (Å²) in [5, 5.41) is 13.5. The average molecular weight is 599 g/mol. The number of nitrogens with zero attached hydrogens (tertiary/aromatic N) is 5. The van der Waals surface area contributed by atoms with Gasteiger partial charge in [-0.05, 0) is 69.8 Å². The van der Waals surface area contributed by atoms with E-state index in [0.717, 1.165) is 49.1 Å². The summed E-state index contributed by atoms with van der Waals surface area (Å²) in [6, 6.07) is 9.75. The lowest BCUT2D eigenvalue weighted by Crippen LogP contribution is -2.30. The maximum Gasteiger partial charge on any atom is 0.228 e. The minimum atomic E-state index is -0.342. The number of hydrogen-bond donors (Lipinski definition) is 3. The van der Waals surface area contributed by atoms with E-state index in [1.165, 1.54) is 11.3 Å². The van der Waals surface area contributed by atoms with Gasteiger partial charge in [0.15, 0.2) is 0 Å². The Hall–Kier alpha value is -4.45. The van der Waals surface area contributed by atoms with Crippen molar-refractivity contribution in [1.82, 2.24) is 19.9 Å². The molecule has 0 radical (unpaired) electrons. The molecule has 2 aliphatic rings. The number of nitrogens with two attached hydrogens (primary N) is 2. The van der Waals surface area contributed by atoms with E-state index >= 15 is 0 Å². The van der Waals surface area contributed by atoms with Crippen LogP contribution in [0.4, 0.5) is 16.6 Å². The summed E-state index contributed by atoms with van der Waals surface area (Å²) < 4.78 is 6.12. The number of aryl methyl sites for hydroxylation is 1. The smallest absolute Gasteiger partial charge is 0.228 e. The van der Waals surface area contributed by atoms with Gasteiger partial charge in [0, 0.05) is 40.4 Å². The third-order valence-corrected chi connectivity index (χ3v) is 8.92. The molecule has 3 aromatic heterocycles. The predicted molar refractivity (Wildman–Crippen MR) is 170 cm³/mol. The molecule has 224 valence electrons. The first kappa shape index (κ1) is 31.5. The lowest BCUT2D eigenvalue weighted by atomic mass is 9.80. The predicted octanol–water partition coefficient (Wildman–Crippen LogP) is 5.17. The van der Waals surface area contributed by atoms with E-state index in [2.05, 4.69) is 51.1 Å². The van der Waals surface area contributed by atoms with E-state index in [0.29, 0.717) is 58.8 Å². The van der Waals surface area contributed by atoms with Crippen molar-refractivity contribution in [3.05, 3.63) is 63.6 Å². The normalized spacial score (nSPS) is 18.4. The molecule has 0 saturated carbocycles. The van der Waals surface area contributed by atoms with Crippen LogP contribution >= 0.6 is 11.3 Å². The van der Waals surface area contributed by atoms with Gasteiger partial charge in [0.1, 0.15) is 29.3 Å². The number of ketones is 1. The number of terminal acetylenes is 1. The standard InChI is InChI=1S/C30H36N8O2S.C2H2/c1-3-8-20(27(32)19-10-6-11-22-26(19)21(16-31)29(33)41-22)28(39)30-36-24(35-23-12-4-5-13-34-23)15-25(37-30)40-17-18-9-7-14-38(18)2;1-2/h4-5,12-13,15,18-19H,3,6-11,14,17,32-33H2,1-2H3,(H,34,35,36,37);1-2H/b27-20-;/t18-,19-;/m0./s1. The zero-order valence-electron chi connectivity index (χ0n) is 24.7. The fourth-order valence-electron chi connectivity index (χ4n) is 5.69. The van der Waals surface area contributed by atoms with Gasteiger partial charge in [-0.2, -0.15) is 10.2 Å². The van der Waals surface area contributed by atoms with Gasteiger partial charge in [-0.1, -0.05) is 19.4 Å². The fraction of sp³-hybridized carbons (Fsp3) is 0.406. The van der Waals surface area contributed by atoms with Gasteiger partial charge in [0.05, 0.1) is 5.56 Å². The van der Waals surface area contributed by atoms with Crippen LogP contribution in [0, 0.1) is 24.2 Å². The van der Waals surface area contributed by atoms with Gasteiger partial charge < -0.3 is 26.4 Å². The van der Waals surface area contributed by atoms with Crippen molar-refractivity contribution in [2.45, 2.75) is 63.8 Å². The molecule has 0 unspecified atom stereocenters. The number of nitrogen functional groups attached to an aromatic ring is 1. The first-order valence-electron chi connectivity index (χ1n) is 14.5. The Morgan fingerprint density at radius 3 is 2.74 bits per heavy atom. The summed E-state index contributed by atoms with van der Waals surface area (Å²) in [4.78, 5) is 30.9. The SMILES string of the molecule is C#C.CCC/C(C(=O)c1nc(Nc2ccccn2)cc(OC[C@@H]2CCCN2C)n1)=C(/N)[C@H]1CCCc2sc(N)c(C#N)c21. The molecule has 1 fully saturated rings. The molecule has 0 bridgehead atoms. The van der Waals surface area contributed by atoms with Gasteiger partial charge in [0.25, 0.3) is 0 Å². The highest BCUT2D eigenvalue weighted by molar-refractivity contribution is 7.16. The molecule has 5 N–H and O–H groups in total. The molecule has 3 aromatic rings. The number of anilines is 3. The first-order chi connectivity index (χ1) is 20.9. The van der Waals surface area contributed by atoms with Crippen LogP contribution in [0.25, 0.3) is 0 Å². The summed E-state index contributed by atoms with van der Waals surface area (Å²) in [7, 11) is 2.09. The molecule has 0 spiro atoms. The number of likely N-dealkylation sites (tertiary alicyclic amines) is 1. The molecule has 11 heteroatoms. The summed E-state index contributed by atoms with van der Waals surface area (Å²) in [6.07, 6.45) is 15.5. The molecular weight excluding hydrogens is 560 g/mol. The number of hydrogen-bond acceptors (Lipinski definition) is 11. The third-order valence-electron chi connectivity index (χ3n) is 7.83. The van der Waals surface area contributed by atoms with Crippen LogP contribution in [0.5, 0.6) is 5.88 Å². The number of pyridine rings is 1. The number of nitrogens with one attached hydrogen (secondary N) is 1. The maximum atomic E-state index is 14.1. The van der Waals surface area contributed by atoms with Crippen LogP contribution in [-0.2, 0) is 6.42 Å². The molecule has 2 atom stereocenters. The van der Waals surface area contributed by atoms with Crippen LogP contribution in [0.1, 0.15) is 78.0 Å². The largest absolute Gasteiger partial charge is 0.476 e. The molecule has 1 aliphatic heterocycles. The van der Waals surface area contributed by atoms with Crippen LogP contribution in [0.2, 0.25) is 0 Å². The molecule has 0 amide bonds. The summed E-state index contributed by atoms with van der Waals surface area (Å²) in [5.41, 5.74) is 15.3. The molecule has 5 rings (SSSR count). The van der Waals surface area contributed by atoms with E-state index < -0.39 is 0 Å². The van der Waals surface area contributed by atoms with Crippen molar-refractivity contribution in [3.8, 4) is 24.8 Å². The second kappa shape index (κ2) is 14.6. The molecule has 43 heavy (non-hydrogen) atoms. The highest BCUT2D eigenvalue weighted by Crippen LogP contribution is 2.45. The van der Waals surface area contributed by atoms with E-state index in [4.69, 9.17) is 16.2 Å². The number of allylic oxidation sites excluding steroid dienone is 2. The van der Waals surface area contributed by atoms with Gasteiger partial charge in [-0.15, -0.1) is 24.2 Å². The summed E-state index contributed by atoms with van der Waals surface area (Å²) in [6.45, 7) is 3.50. The Morgan fingerprint density at radius 2 is 2.07 bits per heavy atom. The van der Waals surface area contributed by atoms with E-state index in [1.807, 2.05) is 25.1 Å². The Morgan fingerprint density at radius 1 is 1.26 bits per heavy atom. The van der Waals surface area contributed by atoms with Crippen molar-refractivity contribution in [2.24, 2.45) is 5.73 Å². The fourth-order valence-corrected chi connectivity index (χ4v) is 6.81. The maximum absolute atomic E-state index is 14.1. The van der Waals surface area contributed by atoms with Crippen LogP contribution in [0.15, 0.2) is 41.7 Å². The highest BCUT2D eigenvalue weighted by Gasteiger charge is 2.32. The molecule has 0 aromatic carbocycles. The first-order valence-corrected chi connectivity index (χ1v) is 15.3. The van der Waals surface area contributed by atoms with Gasteiger partial charge in [0.2, 0.25) is 17.5 Å². The van der Waals surface area contributed by atoms with Gasteiger partial charge >= 0.3 is 0 Å².